The number of benzene rings is 2. The fraction of sp³-hybridized carbons (Fsp3) is 0.500. The van der Waals surface area contributed by atoms with Gasteiger partial charge in [0.25, 0.3) is 0 Å². The molecule has 2 aromatic carbocycles. The molecule has 1 saturated carbocycles. The third-order valence-electron chi connectivity index (χ3n) is 9.21. The molecule has 3 aromatic rings. The maximum atomic E-state index is 14.6. The van der Waals surface area contributed by atoms with Gasteiger partial charge in [0.05, 0.1) is 47.9 Å². The Hall–Kier alpha value is -3.25. The highest BCUT2D eigenvalue weighted by atomic mass is 19.1. The Labute approximate surface area is 233 Å². The molecule has 3 aliphatic heterocycles. The Morgan fingerprint density at radius 2 is 2.10 bits per heavy atom. The molecule has 7 nitrogen and oxygen atoms in total. The van der Waals surface area contributed by atoms with E-state index in [-0.39, 0.29) is 16.9 Å². The smallest absolute Gasteiger partial charge is 0.316 e. The van der Waals surface area contributed by atoms with Crippen molar-refractivity contribution in [2.45, 2.75) is 82.3 Å². The van der Waals surface area contributed by atoms with Crippen molar-refractivity contribution in [3.8, 4) is 24.1 Å². The zero-order valence-electron chi connectivity index (χ0n) is 22.8. The molecular weight excluding hydrogens is 509 g/mol. The van der Waals surface area contributed by atoms with E-state index < -0.39 is 11.9 Å². The van der Waals surface area contributed by atoms with Crippen molar-refractivity contribution >= 4 is 10.8 Å². The average Bonchev–Trinajstić information content (AvgIpc) is 3.59. The van der Waals surface area contributed by atoms with Gasteiger partial charge < -0.3 is 19.3 Å². The van der Waals surface area contributed by atoms with Gasteiger partial charge in [-0.05, 0) is 81.1 Å². The maximum Gasteiger partial charge on any atom is 0.316 e. The first-order valence-corrected chi connectivity index (χ1v) is 14.3. The quantitative estimate of drug-likeness (QED) is 0.414. The summed E-state index contributed by atoms with van der Waals surface area (Å²) in [4.78, 5) is 12.1. The number of rotatable bonds is 7. The molecule has 1 aliphatic carbocycles. The fourth-order valence-electron chi connectivity index (χ4n) is 6.99. The molecule has 0 spiro atoms. The number of aromatic hydroxyl groups is 1. The zero-order valence-corrected chi connectivity index (χ0v) is 22.8. The monoisotopic (exact) mass is 543 g/mol. The molecule has 208 valence electrons. The van der Waals surface area contributed by atoms with E-state index in [0.29, 0.717) is 54.1 Å². The van der Waals surface area contributed by atoms with Crippen molar-refractivity contribution in [1.29, 1.82) is 0 Å². The molecule has 0 radical (unpaired) electrons. The minimum Gasteiger partial charge on any atom is -0.508 e. The Kier molecular flexibility index (Phi) is 6.42. The lowest BCUT2D eigenvalue weighted by molar-refractivity contribution is 0.0239. The van der Waals surface area contributed by atoms with Crippen LogP contribution in [0.5, 0.6) is 11.8 Å². The van der Waals surface area contributed by atoms with Crippen LogP contribution in [0.15, 0.2) is 24.3 Å². The van der Waals surface area contributed by atoms with Gasteiger partial charge in [0, 0.05) is 23.4 Å². The van der Waals surface area contributed by atoms with Gasteiger partial charge in [-0.15, -0.1) is 6.42 Å². The summed E-state index contributed by atoms with van der Waals surface area (Å²) in [6, 6.07) is 7.00. The molecule has 1 aromatic heterocycles. The first kappa shape index (κ1) is 25.7. The highest BCUT2D eigenvalue weighted by Gasteiger charge is 2.50. The lowest BCUT2D eigenvalue weighted by Crippen LogP contribution is -2.48. The van der Waals surface area contributed by atoms with E-state index in [2.05, 4.69) is 15.8 Å². The summed E-state index contributed by atoms with van der Waals surface area (Å²) in [5.41, 5.74) is 3.46. The molecule has 1 N–H and O–H groups in total. The maximum absolute atomic E-state index is 14.6. The highest BCUT2D eigenvalue weighted by molar-refractivity contribution is 5.92. The number of ether oxygens (including phenoxy) is 3. The van der Waals surface area contributed by atoms with E-state index in [0.717, 1.165) is 49.4 Å². The van der Waals surface area contributed by atoms with E-state index in [1.165, 1.54) is 25.3 Å². The Balaban J connectivity index is 1.13. The molecule has 3 fully saturated rings. The summed E-state index contributed by atoms with van der Waals surface area (Å²) in [6.07, 6.45) is 13.1. The largest absolute Gasteiger partial charge is 0.508 e. The Morgan fingerprint density at radius 1 is 1.23 bits per heavy atom. The Morgan fingerprint density at radius 3 is 2.92 bits per heavy atom. The third kappa shape index (κ3) is 4.50. The predicted octanol–water partition coefficient (Wildman–Crippen LogP) is 5.13. The molecular formula is C32H34FN3O4. The van der Waals surface area contributed by atoms with Gasteiger partial charge >= 0.3 is 6.01 Å². The average molecular weight is 544 g/mol. The summed E-state index contributed by atoms with van der Waals surface area (Å²) < 4.78 is 33.3. The van der Waals surface area contributed by atoms with Crippen LogP contribution in [0.2, 0.25) is 0 Å². The summed E-state index contributed by atoms with van der Waals surface area (Å²) in [6.45, 7) is 4.73. The van der Waals surface area contributed by atoms with E-state index in [1.807, 2.05) is 6.92 Å². The first-order chi connectivity index (χ1) is 19.4. The summed E-state index contributed by atoms with van der Waals surface area (Å²) in [5, 5.41) is 11.7. The normalized spacial score (nSPS) is 26.0. The van der Waals surface area contributed by atoms with Crippen LogP contribution in [-0.2, 0) is 22.5 Å². The van der Waals surface area contributed by atoms with Crippen molar-refractivity contribution < 1.29 is 23.7 Å². The summed E-state index contributed by atoms with van der Waals surface area (Å²) >= 11 is 0. The van der Waals surface area contributed by atoms with Crippen LogP contribution in [0, 0.1) is 25.1 Å². The van der Waals surface area contributed by atoms with Crippen LogP contribution in [0.1, 0.15) is 72.7 Å². The first-order valence-electron chi connectivity index (χ1n) is 14.3. The molecule has 2 saturated heterocycles. The number of terminal acetylenes is 1. The van der Waals surface area contributed by atoms with Crippen molar-refractivity contribution in [2.75, 3.05) is 19.8 Å². The second kappa shape index (κ2) is 9.99. The predicted molar refractivity (Wildman–Crippen MR) is 148 cm³/mol. The van der Waals surface area contributed by atoms with Gasteiger partial charge in [-0.1, -0.05) is 12.0 Å². The lowest BCUT2D eigenvalue weighted by atomic mass is 9.91. The number of phenols is 1. The minimum absolute atomic E-state index is 0.0204. The standard InChI is InChI=1S/C32H34FN3O4/c1-3-24-27(33)8-5-20-13-22(37)14-25(30(20)24)29-15-28-26(17-39-29)19(2)34-31(35-28)40-18-32-10-4-12-36(32)21(9-11-32)16-38-23-6-7-23/h1,5,8,13-14,21,23,29,37H,4,6-7,9-12,15-18H2,2H3. The van der Waals surface area contributed by atoms with Gasteiger partial charge in [0.15, 0.2) is 0 Å². The second-order valence-corrected chi connectivity index (χ2v) is 11.8. The highest BCUT2D eigenvalue weighted by Crippen LogP contribution is 2.44. The number of phenolic OH excluding ortho intramolecular Hbond substituents is 1. The molecule has 3 unspecified atom stereocenters. The number of hydrogen-bond acceptors (Lipinski definition) is 7. The van der Waals surface area contributed by atoms with Crippen molar-refractivity contribution in [3.05, 3.63) is 58.2 Å². The number of halogens is 1. The van der Waals surface area contributed by atoms with E-state index in [9.17, 15) is 9.50 Å². The molecule has 40 heavy (non-hydrogen) atoms. The lowest BCUT2D eigenvalue weighted by Gasteiger charge is -2.34. The van der Waals surface area contributed by atoms with Gasteiger partial charge in [0.1, 0.15) is 18.2 Å². The van der Waals surface area contributed by atoms with Crippen LogP contribution in [0.4, 0.5) is 4.39 Å². The minimum atomic E-state index is -0.472. The number of nitrogens with zero attached hydrogens (tertiary/aromatic N) is 3. The van der Waals surface area contributed by atoms with Crippen molar-refractivity contribution in [2.24, 2.45) is 0 Å². The third-order valence-corrected chi connectivity index (χ3v) is 9.21. The van der Waals surface area contributed by atoms with Crippen LogP contribution < -0.4 is 4.74 Å². The van der Waals surface area contributed by atoms with Crippen molar-refractivity contribution in [1.82, 2.24) is 14.9 Å². The second-order valence-electron chi connectivity index (χ2n) is 11.8. The van der Waals surface area contributed by atoms with Crippen LogP contribution in [0.3, 0.4) is 0 Å². The van der Waals surface area contributed by atoms with E-state index in [1.54, 1.807) is 18.2 Å². The number of aromatic nitrogens is 2. The number of aryl methyl sites for hydroxylation is 1. The zero-order chi connectivity index (χ0) is 27.4. The van der Waals surface area contributed by atoms with E-state index >= 15 is 0 Å². The number of fused-ring (bicyclic) bond motifs is 3. The molecule has 4 heterocycles. The van der Waals surface area contributed by atoms with Crippen LogP contribution in [-0.4, -0.2) is 57.4 Å². The van der Waals surface area contributed by atoms with Gasteiger partial charge in [-0.25, -0.2) is 9.37 Å². The van der Waals surface area contributed by atoms with E-state index in [4.69, 9.17) is 25.6 Å². The van der Waals surface area contributed by atoms with Gasteiger partial charge in [0.2, 0.25) is 0 Å². The summed E-state index contributed by atoms with van der Waals surface area (Å²) in [5.74, 6) is 2.09. The van der Waals surface area contributed by atoms with Crippen molar-refractivity contribution in [3.63, 3.8) is 0 Å². The molecule has 7 rings (SSSR count). The summed E-state index contributed by atoms with van der Waals surface area (Å²) in [7, 11) is 0. The topological polar surface area (TPSA) is 76.9 Å². The van der Waals surface area contributed by atoms with Gasteiger partial charge in [-0.3, -0.25) is 4.90 Å². The molecule has 8 heteroatoms. The molecule has 0 bridgehead atoms. The van der Waals surface area contributed by atoms with Crippen LogP contribution in [0.25, 0.3) is 10.8 Å². The fourth-order valence-corrected chi connectivity index (χ4v) is 6.99. The molecule has 3 atom stereocenters. The molecule has 0 amide bonds. The SMILES string of the molecule is C#Cc1c(F)ccc2cc(O)cc(C3Cc4nc(OCC56CCCN5C(COC5CC5)CC6)nc(C)c4CO3)c12. The van der Waals surface area contributed by atoms with Gasteiger partial charge in [-0.2, -0.15) is 4.98 Å². The Bertz CT molecular complexity index is 1520. The molecule has 4 aliphatic rings. The van der Waals surface area contributed by atoms with Crippen LogP contribution >= 0.6 is 0 Å². The number of hydrogen-bond donors (Lipinski definition) is 1.